The normalized spacial score (nSPS) is 16.6. The third kappa shape index (κ3) is 3.53. The van der Waals surface area contributed by atoms with Gasteiger partial charge in [0.2, 0.25) is 10.0 Å². The minimum Gasteiger partial charge on any atom is -0.506 e. The van der Waals surface area contributed by atoms with Crippen LogP contribution in [0.1, 0.15) is 5.56 Å². The third-order valence-corrected chi connectivity index (χ3v) is 6.86. The molecule has 2 heterocycles. The van der Waals surface area contributed by atoms with Gasteiger partial charge in [-0.15, -0.1) is 0 Å². The molecule has 0 amide bonds. The first-order chi connectivity index (χ1) is 13.1. The lowest BCUT2D eigenvalue weighted by Gasteiger charge is -2.34. The summed E-state index contributed by atoms with van der Waals surface area (Å²) in [4.78, 5) is 6.57. The van der Waals surface area contributed by atoms with E-state index < -0.39 is 10.0 Å². The number of sulfonamides is 1. The molecule has 0 aliphatic carbocycles. The number of hydrogen-bond acceptors (Lipinski definition) is 5. The zero-order valence-electron chi connectivity index (χ0n) is 14.8. The lowest BCUT2D eigenvalue weighted by atomic mass is 10.2. The van der Waals surface area contributed by atoms with Crippen molar-refractivity contribution in [2.24, 2.45) is 0 Å². The predicted molar refractivity (Wildman–Crippen MR) is 104 cm³/mol. The monoisotopic (exact) mass is 383 g/mol. The highest BCUT2D eigenvalue weighted by molar-refractivity contribution is 7.89. The predicted octanol–water partition coefficient (Wildman–Crippen LogP) is 2.45. The highest BCUT2D eigenvalue weighted by atomic mass is 32.2. The molecular weight excluding hydrogens is 362 g/mol. The van der Waals surface area contributed by atoms with Gasteiger partial charge in [-0.1, -0.05) is 30.3 Å². The molecule has 0 unspecified atom stereocenters. The first-order valence-electron chi connectivity index (χ1n) is 8.89. The highest BCUT2D eigenvalue weighted by Gasteiger charge is 2.30. The van der Waals surface area contributed by atoms with Gasteiger partial charge in [-0.05, 0) is 29.8 Å². The summed E-state index contributed by atoms with van der Waals surface area (Å²) in [6.07, 6.45) is 1.54. The fraction of sp³-hybridized carbons (Fsp3) is 0.250. The van der Waals surface area contributed by atoms with Gasteiger partial charge in [0, 0.05) is 44.3 Å². The topological polar surface area (TPSA) is 73.7 Å². The van der Waals surface area contributed by atoms with Crippen LogP contribution in [-0.2, 0) is 16.6 Å². The molecule has 0 bridgehead atoms. The number of benzene rings is 2. The van der Waals surface area contributed by atoms with Gasteiger partial charge in [-0.2, -0.15) is 4.31 Å². The molecule has 2 aromatic carbocycles. The number of phenolic OH excluding ortho intramolecular Hbond substituents is 1. The number of aromatic hydroxyl groups is 1. The summed E-state index contributed by atoms with van der Waals surface area (Å²) in [5, 5.41) is 10.4. The van der Waals surface area contributed by atoms with Gasteiger partial charge in [0.25, 0.3) is 0 Å². The maximum atomic E-state index is 13.2. The van der Waals surface area contributed by atoms with E-state index in [4.69, 9.17) is 0 Å². The minimum absolute atomic E-state index is 0.0165. The van der Waals surface area contributed by atoms with Crippen molar-refractivity contribution < 1.29 is 13.5 Å². The van der Waals surface area contributed by atoms with Crippen LogP contribution in [0.3, 0.4) is 0 Å². The number of piperazine rings is 1. The number of nitrogens with zero attached hydrogens (tertiary/aromatic N) is 3. The average Bonchev–Trinajstić information content (AvgIpc) is 2.69. The van der Waals surface area contributed by atoms with E-state index >= 15 is 0 Å². The second-order valence-electron chi connectivity index (χ2n) is 6.65. The van der Waals surface area contributed by atoms with Gasteiger partial charge >= 0.3 is 0 Å². The molecule has 0 radical (unpaired) electrons. The molecule has 1 saturated heterocycles. The van der Waals surface area contributed by atoms with Crippen molar-refractivity contribution in [3.05, 3.63) is 66.4 Å². The molecule has 0 atom stereocenters. The average molecular weight is 383 g/mol. The summed E-state index contributed by atoms with van der Waals surface area (Å²) in [5.74, 6) is -0.0165. The molecule has 1 aromatic heterocycles. The summed E-state index contributed by atoms with van der Waals surface area (Å²) in [6.45, 7) is 3.07. The third-order valence-electron chi connectivity index (χ3n) is 4.91. The van der Waals surface area contributed by atoms with Crippen LogP contribution in [0.25, 0.3) is 10.9 Å². The van der Waals surface area contributed by atoms with E-state index in [9.17, 15) is 13.5 Å². The summed E-state index contributed by atoms with van der Waals surface area (Å²) < 4.78 is 27.9. The fourth-order valence-electron chi connectivity index (χ4n) is 3.47. The molecule has 1 N–H and O–H groups in total. The molecule has 0 spiro atoms. The molecule has 1 aliphatic heterocycles. The molecular formula is C20H21N3O3S. The van der Waals surface area contributed by atoms with Gasteiger partial charge in [0.1, 0.15) is 11.3 Å². The largest absolute Gasteiger partial charge is 0.506 e. The van der Waals surface area contributed by atoms with E-state index in [1.807, 2.05) is 18.2 Å². The van der Waals surface area contributed by atoms with E-state index in [1.165, 1.54) is 22.0 Å². The van der Waals surface area contributed by atoms with Gasteiger partial charge in [0.15, 0.2) is 0 Å². The standard InChI is InChI=1S/C20H21N3O3S/c24-18-8-9-19(17-7-4-10-21-20(17)18)27(25,26)23-13-11-22(12-14-23)15-16-5-2-1-3-6-16/h1-10,24H,11-15H2. The van der Waals surface area contributed by atoms with E-state index in [0.29, 0.717) is 37.1 Å². The van der Waals surface area contributed by atoms with Gasteiger partial charge in [-0.25, -0.2) is 8.42 Å². The van der Waals surface area contributed by atoms with Crippen LogP contribution in [0.5, 0.6) is 5.75 Å². The van der Waals surface area contributed by atoms with Crippen LogP contribution in [-0.4, -0.2) is 53.9 Å². The van der Waals surface area contributed by atoms with Crippen LogP contribution < -0.4 is 0 Å². The second-order valence-corrected chi connectivity index (χ2v) is 8.55. The van der Waals surface area contributed by atoms with Crippen molar-refractivity contribution in [2.75, 3.05) is 26.2 Å². The van der Waals surface area contributed by atoms with Crippen LogP contribution in [0.2, 0.25) is 0 Å². The Labute approximate surface area is 158 Å². The Morgan fingerprint density at radius 2 is 1.67 bits per heavy atom. The second kappa shape index (κ2) is 7.26. The number of rotatable bonds is 4. The van der Waals surface area contributed by atoms with Crippen molar-refractivity contribution in [3.8, 4) is 5.75 Å². The highest BCUT2D eigenvalue weighted by Crippen LogP contribution is 2.30. The molecule has 6 nitrogen and oxygen atoms in total. The van der Waals surface area contributed by atoms with Gasteiger partial charge in [0.05, 0.1) is 4.90 Å². The Morgan fingerprint density at radius 3 is 2.41 bits per heavy atom. The Balaban J connectivity index is 1.54. The molecule has 140 valence electrons. The van der Waals surface area contributed by atoms with Crippen LogP contribution in [0.15, 0.2) is 65.7 Å². The van der Waals surface area contributed by atoms with E-state index in [-0.39, 0.29) is 10.6 Å². The smallest absolute Gasteiger partial charge is 0.243 e. The van der Waals surface area contributed by atoms with Crippen LogP contribution in [0.4, 0.5) is 0 Å². The molecule has 0 saturated carbocycles. The van der Waals surface area contributed by atoms with E-state index in [1.54, 1.807) is 18.3 Å². The summed E-state index contributed by atoms with van der Waals surface area (Å²) in [5.41, 5.74) is 1.53. The number of fused-ring (bicyclic) bond motifs is 1. The van der Waals surface area contributed by atoms with Crippen LogP contribution in [0, 0.1) is 0 Å². The van der Waals surface area contributed by atoms with E-state index in [2.05, 4.69) is 22.0 Å². The maximum absolute atomic E-state index is 13.2. The van der Waals surface area contributed by atoms with Crippen molar-refractivity contribution in [2.45, 2.75) is 11.4 Å². The zero-order valence-corrected chi connectivity index (χ0v) is 15.6. The number of aromatic nitrogens is 1. The SMILES string of the molecule is O=S(=O)(c1ccc(O)c2ncccc12)N1CCN(Cc2ccccc2)CC1. The quantitative estimate of drug-likeness (QED) is 0.749. The van der Waals surface area contributed by atoms with Crippen molar-refractivity contribution in [1.29, 1.82) is 0 Å². The fourth-order valence-corrected chi connectivity index (χ4v) is 5.07. The Bertz CT molecular complexity index is 1050. The van der Waals surface area contributed by atoms with Gasteiger partial charge in [-0.3, -0.25) is 9.88 Å². The summed E-state index contributed by atoms with van der Waals surface area (Å²) in [6, 6.07) is 16.4. The van der Waals surface area contributed by atoms with E-state index in [0.717, 1.165) is 6.54 Å². The molecule has 1 aliphatic rings. The summed E-state index contributed by atoms with van der Waals surface area (Å²) in [7, 11) is -3.65. The number of pyridine rings is 1. The molecule has 1 fully saturated rings. The summed E-state index contributed by atoms with van der Waals surface area (Å²) >= 11 is 0. The molecule has 7 heteroatoms. The Kier molecular flexibility index (Phi) is 4.82. The number of phenols is 1. The Hall–Kier alpha value is -2.48. The van der Waals surface area contributed by atoms with Gasteiger partial charge < -0.3 is 5.11 Å². The zero-order chi connectivity index (χ0) is 18.9. The molecule has 3 aromatic rings. The lowest BCUT2D eigenvalue weighted by molar-refractivity contribution is 0.181. The van der Waals surface area contributed by atoms with Crippen molar-refractivity contribution in [3.63, 3.8) is 0 Å². The van der Waals surface area contributed by atoms with Crippen molar-refractivity contribution in [1.82, 2.24) is 14.2 Å². The van der Waals surface area contributed by atoms with Crippen molar-refractivity contribution >= 4 is 20.9 Å². The maximum Gasteiger partial charge on any atom is 0.243 e. The molecule has 27 heavy (non-hydrogen) atoms. The number of hydrogen-bond donors (Lipinski definition) is 1. The van der Waals surface area contributed by atoms with Crippen LogP contribution >= 0.6 is 0 Å². The lowest BCUT2D eigenvalue weighted by Crippen LogP contribution is -2.48. The Morgan fingerprint density at radius 1 is 0.926 bits per heavy atom. The minimum atomic E-state index is -3.65. The first kappa shape index (κ1) is 17.9. The molecule has 4 rings (SSSR count). The first-order valence-corrected chi connectivity index (χ1v) is 10.3.